The van der Waals surface area contributed by atoms with E-state index < -0.39 is 0 Å². The van der Waals surface area contributed by atoms with Gasteiger partial charge in [0.15, 0.2) is 11.5 Å². The van der Waals surface area contributed by atoms with Gasteiger partial charge in [0, 0.05) is 46.8 Å². The van der Waals surface area contributed by atoms with E-state index in [0.717, 1.165) is 57.2 Å². The van der Waals surface area contributed by atoms with Gasteiger partial charge in [0.1, 0.15) is 5.82 Å². The van der Waals surface area contributed by atoms with Crippen LogP contribution in [0.1, 0.15) is 24.5 Å². The maximum Gasteiger partial charge on any atom is 0.203 e. The monoisotopic (exact) mass is 501 g/mol. The number of fused-ring (bicyclic) bond motifs is 2. The lowest BCUT2D eigenvalue weighted by Gasteiger charge is -2.26. The Balaban J connectivity index is 1.75. The second-order valence-electron chi connectivity index (χ2n) is 9.20. The highest BCUT2D eigenvalue weighted by Gasteiger charge is 2.29. The molecule has 0 aliphatic carbocycles. The Kier molecular flexibility index (Phi) is 5.96. The molecule has 190 valence electrons. The molecule has 6 rings (SSSR count). The van der Waals surface area contributed by atoms with Gasteiger partial charge in [-0.05, 0) is 66.9 Å². The first-order valence-corrected chi connectivity index (χ1v) is 12.3. The fourth-order valence-corrected chi connectivity index (χ4v) is 5.50. The van der Waals surface area contributed by atoms with E-state index in [9.17, 15) is 4.39 Å². The number of benzene rings is 3. The molecule has 8 heteroatoms. The van der Waals surface area contributed by atoms with Gasteiger partial charge in [-0.15, -0.1) is 0 Å². The van der Waals surface area contributed by atoms with Crippen molar-refractivity contribution in [3.8, 4) is 34.1 Å². The molecule has 1 aliphatic rings. The molecule has 0 amide bonds. The maximum absolute atomic E-state index is 14.0. The minimum Gasteiger partial charge on any atom is -0.493 e. The summed E-state index contributed by atoms with van der Waals surface area (Å²) >= 11 is 0. The van der Waals surface area contributed by atoms with Crippen molar-refractivity contribution in [1.82, 2.24) is 14.8 Å². The maximum atomic E-state index is 14.0. The van der Waals surface area contributed by atoms with Crippen molar-refractivity contribution in [2.45, 2.75) is 18.8 Å². The Morgan fingerprint density at radius 3 is 2.30 bits per heavy atom. The Bertz CT molecular complexity index is 1560. The number of nitrogens with zero attached hydrogens (tertiary/aromatic N) is 2. The summed E-state index contributed by atoms with van der Waals surface area (Å²) in [4.78, 5) is 0. The van der Waals surface area contributed by atoms with E-state index in [1.54, 1.807) is 21.3 Å². The third-order valence-corrected chi connectivity index (χ3v) is 7.21. The number of halogens is 1. The van der Waals surface area contributed by atoms with Crippen molar-refractivity contribution in [2.75, 3.05) is 34.5 Å². The van der Waals surface area contributed by atoms with Gasteiger partial charge in [-0.2, -0.15) is 5.10 Å². The van der Waals surface area contributed by atoms with Crippen molar-refractivity contribution in [3.63, 3.8) is 0 Å². The molecule has 37 heavy (non-hydrogen) atoms. The van der Waals surface area contributed by atoms with Crippen LogP contribution in [0.15, 0.2) is 54.7 Å². The molecular formula is C29H28FN3O4. The molecule has 5 aromatic rings. The number of hydrogen-bond acceptors (Lipinski definition) is 5. The fourth-order valence-electron chi connectivity index (χ4n) is 5.50. The lowest BCUT2D eigenvalue weighted by molar-refractivity contribution is 0.0843. The summed E-state index contributed by atoms with van der Waals surface area (Å²) in [6.45, 7) is 1.38. The van der Waals surface area contributed by atoms with E-state index in [4.69, 9.17) is 18.9 Å². The van der Waals surface area contributed by atoms with E-state index in [-0.39, 0.29) is 11.7 Å². The number of ether oxygens (including phenoxy) is 4. The van der Waals surface area contributed by atoms with Gasteiger partial charge < -0.3 is 23.5 Å². The smallest absolute Gasteiger partial charge is 0.203 e. The van der Waals surface area contributed by atoms with Gasteiger partial charge in [0.25, 0.3) is 0 Å². The van der Waals surface area contributed by atoms with Crippen LogP contribution in [0.5, 0.6) is 17.2 Å². The molecule has 1 saturated heterocycles. The molecule has 7 nitrogen and oxygen atoms in total. The molecule has 3 heterocycles. The van der Waals surface area contributed by atoms with Crippen LogP contribution in [-0.2, 0) is 4.74 Å². The molecule has 0 saturated carbocycles. The first-order chi connectivity index (χ1) is 18.1. The van der Waals surface area contributed by atoms with Crippen LogP contribution in [0.2, 0.25) is 0 Å². The predicted molar refractivity (Wildman–Crippen MR) is 141 cm³/mol. The molecular weight excluding hydrogens is 473 g/mol. The number of hydrogen-bond donors (Lipinski definition) is 1. The largest absolute Gasteiger partial charge is 0.493 e. The van der Waals surface area contributed by atoms with Crippen LogP contribution in [0.25, 0.3) is 38.6 Å². The Labute approximate surface area is 213 Å². The first-order valence-electron chi connectivity index (χ1n) is 12.3. The minimum atomic E-state index is -0.269. The number of aromatic amines is 1. The summed E-state index contributed by atoms with van der Waals surface area (Å²) in [5, 5.41) is 9.42. The number of H-pyrrole nitrogens is 1. The molecule has 0 unspecified atom stereocenters. The molecule has 1 fully saturated rings. The molecule has 0 spiro atoms. The van der Waals surface area contributed by atoms with Gasteiger partial charge in [-0.25, -0.2) is 4.39 Å². The predicted octanol–water partition coefficient (Wildman–Crippen LogP) is 6.23. The normalized spacial score (nSPS) is 14.4. The third-order valence-electron chi connectivity index (χ3n) is 7.21. The highest BCUT2D eigenvalue weighted by Crippen LogP contribution is 2.48. The second kappa shape index (κ2) is 9.44. The third kappa shape index (κ3) is 3.88. The molecule has 1 N–H and O–H groups in total. The summed E-state index contributed by atoms with van der Waals surface area (Å²) in [5.41, 5.74) is 6.03. The van der Waals surface area contributed by atoms with Crippen LogP contribution in [0.4, 0.5) is 4.39 Å². The van der Waals surface area contributed by atoms with E-state index in [2.05, 4.69) is 26.9 Å². The van der Waals surface area contributed by atoms with E-state index >= 15 is 0 Å². The van der Waals surface area contributed by atoms with Crippen LogP contribution in [0.3, 0.4) is 0 Å². The van der Waals surface area contributed by atoms with Crippen molar-refractivity contribution in [1.29, 1.82) is 0 Å². The van der Waals surface area contributed by atoms with Crippen molar-refractivity contribution >= 4 is 21.8 Å². The van der Waals surface area contributed by atoms with Gasteiger partial charge >= 0.3 is 0 Å². The highest BCUT2D eigenvalue weighted by molar-refractivity contribution is 6.06. The molecule has 2 aromatic heterocycles. The molecule has 3 aromatic carbocycles. The number of methoxy groups -OCH3 is 3. The summed E-state index contributed by atoms with van der Waals surface area (Å²) in [7, 11) is 4.84. The summed E-state index contributed by atoms with van der Waals surface area (Å²) < 4.78 is 39.0. The summed E-state index contributed by atoms with van der Waals surface area (Å²) in [6, 6.07) is 14.9. The first kappa shape index (κ1) is 23.4. The van der Waals surface area contributed by atoms with Crippen molar-refractivity contribution in [3.05, 3.63) is 66.2 Å². The molecule has 0 bridgehead atoms. The number of rotatable bonds is 6. The van der Waals surface area contributed by atoms with Gasteiger partial charge in [-0.3, -0.25) is 5.10 Å². The lowest BCUT2D eigenvalue weighted by atomic mass is 9.89. The average Bonchev–Trinajstić information content (AvgIpc) is 3.53. The Hall–Kier alpha value is -4.04. The van der Waals surface area contributed by atoms with Gasteiger partial charge in [0.2, 0.25) is 5.75 Å². The quantitative estimate of drug-likeness (QED) is 0.299. The van der Waals surface area contributed by atoms with E-state index in [1.807, 2.05) is 30.5 Å². The Morgan fingerprint density at radius 2 is 1.65 bits per heavy atom. The number of nitrogens with one attached hydrogen (secondary N) is 1. The molecule has 0 atom stereocenters. The molecule has 1 aliphatic heterocycles. The van der Waals surface area contributed by atoms with Crippen LogP contribution in [0, 0.1) is 5.82 Å². The van der Waals surface area contributed by atoms with Crippen molar-refractivity contribution < 1.29 is 23.3 Å². The van der Waals surface area contributed by atoms with Crippen LogP contribution < -0.4 is 14.2 Å². The van der Waals surface area contributed by atoms with E-state index in [1.165, 1.54) is 12.1 Å². The zero-order valence-corrected chi connectivity index (χ0v) is 21.0. The lowest BCUT2D eigenvalue weighted by Crippen LogP contribution is -2.17. The standard InChI is InChI=1S/C29H28FN3O4/c1-34-25-13-18(14-26(35-2)29(25)36-3)27-22-15-23-19(16-31-32-23)12-24(22)33(21-6-4-20(30)5-7-21)28(27)17-8-10-37-11-9-17/h4-7,12-17H,8-11H2,1-3H3,(H,31,32). The van der Waals surface area contributed by atoms with Crippen LogP contribution in [-0.4, -0.2) is 49.3 Å². The van der Waals surface area contributed by atoms with Crippen molar-refractivity contribution in [2.24, 2.45) is 0 Å². The zero-order chi connectivity index (χ0) is 25.5. The topological polar surface area (TPSA) is 70.5 Å². The van der Waals surface area contributed by atoms with Gasteiger partial charge in [-0.1, -0.05) is 0 Å². The molecule has 0 radical (unpaired) electrons. The minimum absolute atomic E-state index is 0.233. The van der Waals surface area contributed by atoms with Gasteiger partial charge in [0.05, 0.1) is 38.6 Å². The number of aromatic nitrogens is 3. The average molecular weight is 502 g/mol. The van der Waals surface area contributed by atoms with Crippen LogP contribution >= 0.6 is 0 Å². The fraction of sp³-hybridized carbons (Fsp3) is 0.276. The van der Waals surface area contributed by atoms with E-state index in [0.29, 0.717) is 30.5 Å². The SMILES string of the molecule is COc1cc(-c2c(C3CCOCC3)n(-c3ccc(F)cc3)c3cc4cn[nH]c4cc23)cc(OC)c1OC. The summed E-state index contributed by atoms with van der Waals surface area (Å²) in [5.74, 6) is 1.67. The zero-order valence-electron chi connectivity index (χ0n) is 21.0. The highest BCUT2D eigenvalue weighted by atomic mass is 19.1. The summed E-state index contributed by atoms with van der Waals surface area (Å²) in [6.07, 6.45) is 3.59. The second-order valence-corrected chi connectivity index (χ2v) is 9.20. The Morgan fingerprint density at radius 1 is 0.946 bits per heavy atom.